The van der Waals surface area contributed by atoms with E-state index in [9.17, 15) is 24.9 Å². The molecular formula is C26H34O5. The number of aryl methyl sites for hydroxylation is 1. The van der Waals surface area contributed by atoms with Crippen molar-refractivity contribution in [3.63, 3.8) is 0 Å². The Hall–Kier alpha value is -2.66. The van der Waals surface area contributed by atoms with Crippen molar-refractivity contribution in [1.82, 2.24) is 0 Å². The smallest absolute Gasteiger partial charge is 0.313 e. The van der Waals surface area contributed by atoms with Crippen LogP contribution >= 0.6 is 0 Å². The lowest BCUT2D eigenvalue weighted by Gasteiger charge is -2.27. The minimum Gasteiger partial charge on any atom is -0.481 e. The molecule has 3 atom stereocenters. The summed E-state index contributed by atoms with van der Waals surface area (Å²) in [4.78, 5) is 23.9. The van der Waals surface area contributed by atoms with Crippen molar-refractivity contribution in [2.75, 3.05) is 0 Å². The highest BCUT2D eigenvalue weighted by Gasteiger charge is 2.36. The monoisotopic (exact) mass is 426 g/mol. The molecule has 0 bridgehead atoms. The van der Waals surface area contributed by atoms with Gasteiger partial charge in [-0.1, -0.05) is 60.2 Å². The Balaban J connectivity index is 1.89. The van der Waals surface area contributed by atoms with Gasteiger partial charge >= 0.3 is 11.9 Å². The number of rotatable bonds is 12. The lowest BCUT2D eigenvalue weighted by molar-refractivity contribution is -0.144. The Morgan fingerprint density at radius 2 is 1.29 bits per heavy atom. The number of aliphatic hydroxyl groups excluding tert-OH is 1. The Morgan fingerprint density at radius 1 is 0.806 bits per heavy atom. The third-order valence-corrected chi connectivity index (χ3v) is 6.44. The van der Waals surface area contributed by atoms with Crippen molar-refractivity contribution in [3.8, 4) is 0 Å². The van der Waals surface area contributed by atoms with Gasteiger partial charge in [0.25, 0.3) is 0 Å². The van der Waals surface area contributed by atoms with Crippen LogP contribution in [-0.2, 0) is 20.4 Å². The average Bonchev–Trinajstić information content (AvgIpc) is 2.73. The van der Waals surface area contributed by atoms with Gasteiger partial charge < -0.3 is 15.3 Å². The summed E-state index contributed by atoms with van der Waals surface area (Å²) in [6, 6.07) is 16.7. The van der Waals surface area contributed by atoms with E-state index < -0.39 is 28.9 Å². The molecule has 0 aromatic heterocycles. The number of hydrogen-bond acceptors (Lipinski definition) is 3. The van der Waals surface area contributed by atoms with Gasteiger partial charge in [0.15, 0.2) is 0 Å². The van der Waals surface area contributed by atoms with Crippen LogP contribution in [0.25, 0.3) is 0 Å². The van der Waals surface area contributed by atoms with Crippen LogP contribution in [0.5, 0.6) is 0 Å². The maximum atomic E-state index is 12.0. The van der Waals surface area contributed by atoms with E-state index in [0.29, 0.717) is 38.5 Å². The number of aliphatic hydroxyl groups is 1. The van der Waals surface area contributed by atoms with Gasteiger partial charge in [-0.15, -0.1) is 0 Å². The molecule has 0 heterocycles. The van der Waals surface area contributed by atoms with E-state index in [2.05, 4.69) is 0 Å². The standard InChI is InChI=1S/C26H34O5/c1-19-10-7-13-21(18-19)26(3,24(30)31)17-9-15-22(27)14-8-16-25(2,23(28)29)20-11-5-4-6-12-20/h4-7,10-13,18,22,27H,8-9,14-17H2,1-3H3,(H,28,29)(H,30,31). The summed E-state index contributed by atoms with van der Waals surface area (Å²) in [5, 5.41) is 30.0. The zero-order valence-electron chi connectivity index (χ0n) is 18.7. The molecule has 2 aromatic carbocycles. The minimum atomic E-state index is -0.999. The van der Waals surface area contributed by atoms with Crippen molar-refractivity contribution in [2.45, 2.75) is 76.2 Å². The highest BCUT2D eigenvalue weighted by Crippen LogP contribution is 2.32. The Labute approximate surface area is 184 Å². The van der Waals surface area contributed by atoms with Crippen molar-refractivity contribution in [2.24, 2.45) is 0 Å². The van der Waals surface area contributed by atoms with Crippen LogP contribution in [0.1, 0.15) is 69.1 Å². The fourth-order valence-corrected chi connectivity index (χ4v) is 4.07. The van der Waals surface area contributed by atoms with E-state index in [-0.39, 0.29) is 0 Å². The maximum Gasteiger partial charge on any atom is 0.313 e. The van der Waals surface area contributed by atoms with Crippen molar-refractivity contribution in [3.05, 3.63) is 71.3 Å². The second-order valence-corrected chi connectivity index (χ2v) is 8.95. The van der Waals surface area contributed by atoms with Gasteiger partial charge in [-0.2, -0.15) is 0 Å². The predicted molar refractivity (Wildman–Crippen MR) is 121 cm³/mol. The lowest BCUT2D eigenvalue weighted by atomic mass is 9.77. The first kappa shape index (κ1) is 24.6. The number of benzene rings is 2. The van der Waals surface area contributed by atoms with Gasteiger partial charge in [-0.05, 0) is 70.4 Å². The maximum absolute atomic E-state index is 12.0. The molecule has 3 unspecified atom stereocenters. The summed E-state index contributed by atoms with van der Waals surface area (Å²) in [5.74, 6) is -1.74. The molecule has 0 aliphatic carbocycles. The topological polar surface area (TPSA) is 94.8 Å². The van der Waals surface area contributed by atoms with E-state index in [4.69, 9.17) is 0 Å². The highest BCUT2D eigenvalue weighted by molar-refractivity contribution is 5.81. The molecule has 5 nitrogen and oxygen atoms in total. The lowest BCUT2D eigenvalue weighted by Crippen LogP contribution is -2.33. The number of carboxylic acids is 2. The molecule has 0 aliphatic heterocycles. The first-order chi connectivity index (χ1) is 14.6. The Bertz CT molecular complexity index is 878. The van der Waals surface area contributed by atoms with Gasteiger partial charge in [-0.25, -0.2) is 0 Å². The van der Waals surface area contributed by atoms with E-state index in [0.717, 1.165) is 16.7 Å². The van der Waals surface area contributed by atoms with Crippen LogP contribution in [0.4, 0.5) is 0 Å². The first-order valence-electron chi connectivity index (χ1n) is 10.9. The zero-order chi connectivity index (χ0) is 23.1. The molecule has 0 aliphatic rings. The van der Waals surface area contributed by atoms with Gasteiger partial charge in [0.1, 0.15) is 0 Å². The van der Waals surface area contributed by atoms with Crippen molar-refractivity contribution >= 4 is 11.9 Å². The molecule has 0 spiro atoms. The Morgan fingerprint density at radius 3 is 1.77 bits per heavy atom. The summed E-state index contributed by atoms with van der Waals surface area (Å²) in [5.41, 5.74) is 0.557. The summed E-state index contributed by atoms with van der Waals surface area (Å²) >= 11 is 0. The van der Waals surface area contributed by atoms with Crippen molar-refractivity contribution < 1.29 is 24.9 Å². The summed E-state index contributed by atoms with van der Waals surface area (Å²) in [6.07, 6.45) is 2.41. The summed E-state index contributed by atoms with van der Waals surface area (Å²) in [6.45, 7) is 5.39. The van der Waals surface area contributed by atoms with Crippen molar-refractivity contribution in [1.29, 1.82) is 0 Å². The van der Waals surface area contributed by atoms with E-state index in [1.54, 1.807) is 13.8 Å². The summed E-state index contributed by atoms with van der Waals surface area (Å²) < 4.78 is 0. The minimum absolute atomic E-state index is 0.430. The largest absolute Gasteiger partial charge is 0.481 e. The molecule has 0 saturated carbocycles. The van der Waals surface area contributed by atoms with Crippen LogP contribution in [0.15, 0.2) is 54.6 Å². The van der Waals surface area contributed by atoms with Gasteiger partial charge in [-0.3, -0.25) is 9.59 Å². The van der Waals surface area contributed by atoms with E-state index >= 15 is 0 Å². The van der Waals surface area contributed by atoms with Crippen LogP contribution in [0.2, 0.25) is 0 Å². The van der Waals surface area contributed by atoms with Crippen LogP contribution in [-0.4, -0.2) is 33.4 Å². The van der Waals surface area contributed by atoms with Crippen LogP contribution < -0.4 is 0 Å². The normalized spacial score (nSPS) is 16.1. The number of aliphatic carboxylic acids is 2. The fourth-order valence-electron chi connectivity index (χ4n) is 4.07. The third-order valence-electron chi connectivity index (χ3n) is 6.44. The number of carboxylic acid groups (broad SMARTS) is 2. The first-order valence-corrected chi connectivity index (χ1v) is 10.9. The van der Waals surface area contributed by atoms with Crippen LogP contribution in [0.3, 0.4) is 0 Å². The van der Waals surface area contributed by atoms with Gasteiger partial charge in [0.05, 0.1) is 16.9 Å². The van der Waals surface area contributed by atoms with Gasteiger partial charge in [0, 0.05) is 0 Å². The second kappa shape index (κ2) is 10.6. The molecule has 0 amide bonds. The molecule has 168 valence electrons. The molecule has 5 heteroatoms. The molecule has 0 saturated heterocycles. The number of hydrogen-bond donors (Lipinski definition) is 3. The zero-order valence-corrected chi connectivity index (χ0v) is 18.7. The molecule has 3 N–H and O–H groups in total. The molecule has 2 rings (SSSR count). The second-order valence-electron chi connectivity index (χ2n) is 8.95. The molecule has 0 fully saturated rings. The predicted octanol–water partition coefficient (Wildman–Crippen LogP) is 5.08. The van der Waals surface area contributed by atoms with Gasteiger partial charge in [0.2, 0.25) is 0 Å². The average molecular weight is 427 g/mol. The molecule has 0 radical (unpaired) electrons. The highest BCUT2D eigenvalue weighted by atomic mass is 16.4. The van der Waals surface area contributed by atoms with E-state index in [1.807, 2.05) is 61.5 Å². The third kappa shape index (κ3) is 6.17. The molecule has 31 heavy (non-hydrogen) atoms. The molecule has 2 aromatic rings. The quantitative estimate of drug-likeness (QED) is 0.440. The summed E-state index contributed by atoms with van der Waals surface area (Å²) in [7, 11) is 0. The van der Waals surface area contributed by atoms with E-state index in [1.165, 1.54) is 0 Å². The Kier molecular flexibility index (Phi) is 8.40. The molecular weight excluding hydrogens is 392 g/mol. The van der Waals surface area contributed by atoms with Crippen LogP contribution in [0, 0.1) is 6.92 Å². The fraction of sp³-hybridized carbons (Fsp3) is 0.462. The number of carbonyl (C=O) groups is 2. The SMILES string of the molecule is Cc1cccc(C(C)(CCCC(O)CCCC(C)(C(=O)O)c2ccccc2)C(=O)O)c1.